The minimum absolute atomic E-state index is 0.644. The molecule has 0 aliphatic carbocycles. The molecule has 0 aliphatic rings. The quantitative estimate of drug-likeness (QED) is 0.529. The van der Waals surface area contributed by atoms with Crippen molar-refractivity contribution in [2.45, 2.75) is 0 Å². The molecular weight excluding hydrogens is 376 g/mol. The van der Waals surface area contributed by atoms with E-state index < -0.39 is 0 Å². The van der Waals surface area contributed by atoms with Gasteiger partial charge in [-0.15, -0.1) is 0 Å². The van der Waals surface area contributed by atoms with Crippen molar-refractivity contribution in [2.75, 3.05) is 7.11 Å². The summed E-state index contributed by atoms with van der Waals surface area (Å²) < 4.78 is 8.11. The van der Waals surface area contributed by atoms with Crippen molar-refractivity contribution in [3.8, 4) is 11.4 Å². The first-order valence-electron chi connectivity index (χ1n) is 6.98. The third-order valence-electron chi connectivity index (χ3n) is 3.38. The molecule has 1 heterocycles. The summed E-state index contributed by atoms with van der Waals surface area (Å²) in [5.41, 5.74) is 2.83. The molecule has 0 N–H and O–H groups in total. The van der Waals surface area contributed by atoms with Crippen LogP contribution in [0, 0.1) is 0 Å². The van der Waals surface area contributed by atoms with E-state index in [0.717, 1.165) is 27.3 Å². The van der Waals surface area contributed by atoms with Gasteiger partial charge in [0.05, 0.1) is 29.7 Å². The van der Waals surface area contributed by atoms with E-state index in [-0.39, 0.29) is 0 Å². The van der Waals surface area contributed by atoms with E-state index in [4.69, 9.17) is 16.3 Å². The lowest BCUT2D eigenvalue weighted by molar-refractivity contribution is 0.415. The van der Waals surface area contributed by atoms with Gasteiger partial charge in [-0.2, -0.15) is 0 Å². The number of hydrogen-bond donors (Lipinski definition) is 0. The number of nitrogens with zero attached hydrogens (tertiary/aromatic N) is 2. The highest BCUT2D eigenvalue weighted by Gasteiger charge is 2.02. The molecule has 2 aromatic carbocycles. The van der Waals surface area contributed by atoms with Crippen LogP contribution in [-0.4, -0.2) is 17.9 Å². The van der Waals surface area contributed by atoms with Gasteiger partial charge < -0.3 is 9.30 Å². The van der Waals surface area contributed by atoms with Crippen molar-refractivity contribution < 1.29 is 4.74 Å². The van der Waals surface area contributed by atoms with Gasteiger partial charge in [-0.05, 0) is 70.5 Å². The summed E-state index contributed by atoms with van der Waals surface area (Å²) in [6.45, 7) is 0. The maximum absolute atomic E-state index is 6.09. The summed E-state index contributed by atoms with van der Waals surface area (Å²) >= 11 is 9.47. The Kier molecular flexibility index (Phi) is 4.84. The second-order valence-corrected chi connectivity index (χ2v) is 6.12. The zero-order chi connectivity index (χ0) is 16.2. The smallest absolute Gasteiger partial charge is 0.119 e. The fourth-order valence-electron chi connectivity index (χ4n) is 2.18. The largest absolute Gasteiger partial charge is 0.497 e. The summed E-state index contributed by atoms with van der Waals surface area (Å²) in [4.78, 5) is 4.49. The van der Waals surface area contributed by atoms with Crippen LogP contribution < -0.4 is 4.74 Å². The zero-order valence-corrected chi connectivity index (χ0v) is 14.8. The number of aliphatic imine (C=N–C) groups is 1. The van der Waals surface area contributed by atoms with Crippen molar-refractivity contribution in [2.24, 2.45) is 4.99 Å². The zero-order valence-electron chi connectivity index (χ0n) is 12.4. The molecule has 23 heavy (non-hydrogen) atoms. The van der Waals surface area contributed by atoms with Crippen molar-refractivity contribution in [3.05, 3.63) is 76.0 Å². The predicted molar refractivity (Wildman–Crippen MR) is 98.7 cm³/mol. The van der Waals surface area contributed by atoms with E-state index in [2.05, 4.69) is 25.5 Å². The van der Waals surface area contributed by atoms with Crippen LogP contribution in [0.25, 0.3) is 5.69 Å². The predicted octanol–water partition coefficient (Wildman–Crippen LogP) is 5.65. The normalized spacial score (nSPS) is 11.1. The van der Waals surface area contributed by atoms with E-state index in [1.54, 1.807) is 7.11 Å². The van der Waals surface area contributed by atoms with E-state index in [1.165, 1.54) is 0 Å². The average Bonchev–Trinajstić information content (AvgIpc) is 3.04. The van der Waals surface area contributed by atoms with Gasteiger partial charge in [0.25, 0.3) is 0 Å². The van der Waals surface area contributed by atoms with Gasteiger partial charge in [0.15, 0.2) is 0 Å². The van der Waals surface area contributed by atoms with Gasteiger partial charge in [0.1, 0.15) is 5.75 Å². The van der Waals surface area contributed by atoms with Gasteiger partial charge in [-0.25, -0.2) is 0 Å². The van der Waals surface area contributed by atoms with Crippen LogP contribution in [0.1, 0.15) is 5.69 Å². The molecule has 0 radical (unpaired) electrons. The second-order valence-electron chi connectivity index (χ2n) is 4.86. The van der Waals surface area contributed by atoms with Crippen molar-refractivity contribution in [3.63, 3.8) is 0 Å². The standard InChI is InChI=1S/C18H14BrClN2O/c1-23-16-7-5-14(6-8-16)22-10-2-3-15(22)12-21-13-4-9-17(19)18(20)11-13/h2-12H,1H3. The Hall–Kier alpha value is -2.04. The van der Waals surface area contributed by atoms with Crippen LogP contribution in [-0.2, 0) is 0 Å². The number of halogens is 2. The molecule has 0 fully saturated rings. The highest BCUT2D eigenvalue weighted by molar-refractivity contribution is 9.10. The first-order chi connectivity index (χ1) is 11.2. The molecule has 3 nitrogen and oxygen atoms in total. The van der Waals surface area contributed by atoms with E-state index >= 15 is 0 Å². The molecular formula is C18H14BrClN2O. The highest BCUT2D eigenvalue weighted by Crippen LogP contribution is 2.27. The van der Waals surface area contributed by atoms with Crippen LogP contribution in [0.15, 0.2) is 70.3 Å². The average molecular weight is 390 g/mol. The fourth-order valence-corrected chi connectivity index (χ4v) is 2.60. The van der Waals surface area contributed by atoms with Crippen molar-refractivity contribution in [1.82, 2.24) is 4.57 Å². The SMILES string of the molecule is COc1ccc(-n2cccc2C=Nc2ccc(Br)c(Cl)c2)cc1. The first kappa shape index (κ1) is 15.8. The maximum Gasteiger partial charge on any atom is 0.119 e. The third-order valence-corrected chi connectivity index (χ3v) is 4.61. The monoisotopic (exact) mass is 388 g/mol. The topological polar surface area (TPSA) is 26.5 Å². The van der Waals surface area contributed by atoms with Gasteiger partial charge >= 0.3 is 0 Å². The molecule has 0 saturated carbocycles. The summed E-state index contributed by atoms with van der Waals surface area (Å²) in [6, 6.07) is 17.5. The summed E-state index contributed by atoms with van der Waals surface area (Å²) in [6.07, 6.45) is 3.82. The Morgan fingerprint density at radius 1 is 1.13 bits per heavy atom. The van der Waals surface area contributed by atoms with Gasteiger partial charge in [-0.1, -0.05) is 11.6 Å². The van der Waals surface area contributed by atoms with Gasteiger partial charge in [0.2, 0.25) is 0 Å². The first-order valence-corrected chi connectivity index (χ1v) is 8.15. The van der Waals surface area contributed by atoms with Gasteiger partial charge in [0, 0.05) is 16.4 Å². The van der Waals surface area contributed by atoms with E-state index in [1.807, 2.05) is 67.0 Å². The lowest BCUT2D eigenvalue weighted by atomic mass is 10.3. The van der Waals surface area contributed by atoms with Crippen molar-refractivity contribution in [1.29, 1.82) is 0 Å². The molecule has 5 heteroatoms. The Morgan fingerprint density at radius 3 is 2.61 bits per heavy atom. The number of rotatable bonds is 4. The lowest BCUT2D eigenvalue weighted by Crippen LogP contribution is -1.97. The number of hydrogen-bond acceptors (Lipinski definition) is 2. The minimum atomic E-state index is 0.644. The molecule has 0 bridgehead atoms. The van der Waals surface area contributed by atoms with E-state index in [9.17, 15) is 0 Å². The van der Waals surface area contributed by atoms with Crippen molar-refractivity contribution >= 4 is 39.4 Å². The third kappa shape index (κ3) is 3.66. The van der Waals surface area contributed by atoms with Crippen LogP contribution in [0.2, 0.25) is 5.02 Å². The van der Waals surface area contributed by atoms with Crippen LogP contribution in [0.4, 0.5) is 5.69 Å². The molecule has 0 aliphatic heterocycles. The highest BCUT2D eigenvalue weighted by atomic mass is 79.9. The molecule has 3 aromatic rings. The molecule has 3 rings (SSSR count). The Morgan fingerprint density at radius 2 is 1.91 bits per heavy atom. The number of benzene rings is 2. The van der Waals surface area contributed by atoms with Crippen LogP contribution >= 0.6 is 27.5 Å². The van der Waals surface area contributed by atoms with Crippen LogP contribution in [0.3, 0.4) is 0 Å². The molecule has 1 aromatic heterocycles. The minimum Gasteiger partial charge on any atom is -0.497 e. The van der Waals surface area contributed by atoms with E-state index in [0.29, 0.717) is 5.02 Å². The number of ether oxygens (including phenoxy) is 1. The molecule has 116 valence electrons. The maximum atomic E-state index is 6.09. The number of aromatic nitrogens is 1. The fraction of sp³-hybridized carbons (Fsp3) is 0.0556. The Balaban J connectivity index is 1.88. The lowest BCUT2D eigenvalue weighted by Gasteiger charge is -2.07. The molecule has 0 unspecified atom stereocenters. The Bertz CT molecular complexity index is 840. The molecule has 0 amide bonds. The summed E-state index contributed by atoms with van der Waals surface area (Å²) in [5, 5.41) is 0.644. The van der Waals surface area contributed by atoms with Crippen LogP contribution in [0.5, 0.6) is 5.75 Å². The molecule has 0 atom stereocenters. The number of methoxy groups -OCH3 is 1. The Labute approximate surface area is 148 Å². The molecule has 0 spiro atoms. The summed E-state index contributed by atoms with van der Waals surface area (Å²) in [7, 11) is 1.66. The second kappa shape index (κ2) is 7.02. The van der Waals surface area contributed by atoms with Gasteiger partial charge in [-0.3, -0.25) is 4.99 Å². The molecule has 0 saturated heterocycles. The summed E-state index contributed by atoms with van der Waals surface area (Å²) in [5.74, 6) is 0.834.